The van der Waals surface area contributed by atoms with Gasteiger partial charge in [0.25, 0.3) is 5.91 Å². The van der Waals surface area contributed by atoms with Crippen LogP contribution in [0.3, 0.4) is 0 Å². The van der Waals surface area contributed by atoms with Crippen LogP contribution in [0.15, 0.2) is 30.3 Å². The van der Waals surface area contributed by atoms with Gasteiger partial charge < -0.3 is 4.90 Å². The van der Waals surface area contributed by atoms with Crippen molar-refractivity contribution in [1.82, 2.24) is 9.80 Å². The summed E-state index contributed by atoms with van der Waals surface area (Å²) in [4.78, 5) is 16.4. The highest BCUT2D eigenvalue weighted by molar-refractivity contribution is 5.94. The fourth-order valence-corrected chi connectivity index (χ4v) is 1.74. The normalized spacial score (nSPS) is 10.6. The maximum Gasteiger partial charge on any atom is 0.254 e. The molecule has 0 bridgehead atoms. The van der Waals surface area contributed by atoms with Gasteiger partial charge in [0.1, 0.15) is 0 Å². The summed E-state index contributed by atoms with van der Waals surface area (Å²) >= 11 is 0. The molecule has 0 unspecified atom stereocenters. The van der Waals surface area contributed by atoms with E-state index in [9.17, 15) is 4.79 Å². The van der Waals surface area contributed by atoms with Gasteiger partial charge in [-0.3, -0.25) is 9.69 Å². The molecule has 1 rings (SSSR count). The first-order valence-corrected chi connectivity index (χ1v) is 6.29. The van der Waals surface area contributed by atoms with E-state index < -0.39 is 0 Å². The van der Waals surface area contributed by atoms with Crippen LogP contribution in [0.1, 0.15) is 31.1 Å². The Hall–Kier alpha value is -1.35. The van der Waals surface area contributed by atoms with Gasteiger partial charge in [-0.15, -0.1) is 0 Å². The Morgan fingerprint density at radius 3 is 2.06 bits per heavy atom. The molecule has 1 aromatic carbocycles. The van der Waals surface area contributed by atoms with Crippen LogP contribution in [-0.4, -0.2) is 42.0 Å². The SMILES string of the molecule is CCN(CC)CN(CC)C(=O)c1ccccc1. The third-order valence-corrected chi connectivity index (χ3v) is 2.95. The molecule has 3 heteroatoms. The molecule has 0 aliphatic heterocycles. The molecule has 0 saturated heterocycles. The third-order valence-electron chi connectivity index (χ3n) is 2.95. The van der Waals surface area contributed by atoms with Crippen molar-refractivity contribution in [1.29, 1.82) is 0 Å². The molecular weight excluding hydrogens is 212 g/mol. The molecule has 17 heavy (non-hydrogen) atoms. The summed E-state index contributed by atoms with van der Waals surface area (Å²) in [7, 11) is 0. The summed E-state index contributed by atoms with van der Waals surface area (Å²) in [6, 6.07) is 9.47. The lowest BCUT2D eigenvalue weighted by molar-refractivity contribution is 0.0649. The van der Waals surface area contributed by atoms with Crippen molar-refractivity contribution in [2.75, 3.05) is 26.3 Å². The molecule has 0 spiro atoms. The molecule has 0 aliphatic rings. The van der Waals surface area contributed by atoms with E-state index >= 15 is 0 Å². The quantitative estimate of drug-likeness (QED) is 0.706. The second-order valence-electron chi connectivity index (χ2n) is 3.97. The largest absolute Gasteiger partial charge is 0.326 e. The van der Waals surface area contributed by atoms with Crippen molar-refractivity contribution >= 4 is 5.91 Å². The summed E-state index contributed by atoms with van der Waals surface area (Å²) in [5.41, 5.74) is 0.765. The van der Waals surface area contributed by atoms with Gasteiger partial charge in [0, 0.05) is 12.1 Å². The Morgan fingerprint density at radius 1 is 1.00 bits per heavy atom. The molecule has 3 nitrogen and oxygen atoms in total. The Kier molecular flexibility index (Phi) is 5.70. The highest BCUT2D eigenvalue weighted by Gasteiger charge is 2.15. The maximum absolute atomic E-state index is 12.2. The molecule has 0 radical (unpaired) electrons. The molecule has 0 fully saturated rings. The molecular formula is C14H22N2O. The van der Waals surface area contributed by atoms with E-state index in [4.69, 9.17) is 0 Å². The number of nitrogens with zero attached hydrogens (tertiary/aromatic N) is 2. The zero-order valence-electron chi connectivity index (χ0n) is 11.0. The van der Waals surface area contributed by atoms with E-state index in [1.165, 1.54) is 0 Å². The van der Waals surface area contributed by atoms with E-state index in [2.05, 4.69) is 18.7 Å². The van der Waals surface area contributed by atoms with Gasteiger partial charge in [0.05, 0.1) is 6.67 Å². The van der Waals surface area contributed by atoms with Crippen LogP contribution in [0.4, 0.5) is 0 Å². The number of benzene rings is 1. The summed E-state index contributed by atoms with van der Waals surface area (Å²) in [6.07, 6.45) is 0. The van der Waals surface area contributed by atoms with Gasteiger partial charge in [0.15, 0.2) is 0 Å². The van der Waals surface area contributed by atoms with E-state index in [-0.39, 0.29) is 5.91 Å². The average molecular weight is 234 g/mol. The van der Waals surface area contributed by atoms with Gasteiger partial charge in [-0.25, -0.2) is 0 Å². The highest BCUT2D eigenvalue weighted by Crippen LogP contribution is 2.05. The minimum absolute atomic E-state index is 0.111. The number of hydrogen-bond acceptors (Lipinski definition) is 2. The Bertz CT molecular complexity index is 333. The summed E-state index contributed by atoms with van der Waals surface area (Å²) in [5, 5.41) is 0. The van der Waals surface area contributed by atoms with Crippen molar-refractivity contribution in [3.05, 3.63) is 35.9 Å². The predicted octanol–water partition coefficient (Wildman–Crippen LogP) is 2.45. The van der Waals surface area contributed by atoms with E-state index in [0.717, 1.165) is 25.2 Å². The fourth-order valence-electron chi connectivity index (χ4n) is 1.74. The summed E-state index contributed by atoms with van der Waals surface area (Å²) in [6.45, 7) is 9.63. The van der Waals surface area contributed by atoms with Crippen LogP contribution in [0.25, 0.3) is 0 Å². The van der Waals surface area contributed by atoms with Crippen molar-refractivity contribution < 1.29 is 4.79 Å². The predicted molar refractivity (Wildman–Crippen MR) is 70.9 cm³/mol. The monoisotopic (exact) mass is 234 g/mol. The minimum Gasteiger partial charge on any atom is -0.326 e. The average Bonchev–Trinajstić information content (AvgIpc) is 2.40. The van der Waals surface area contributed by atoms with Gasteiger partial charge in [0.2, 0.25) is 0 Å². The number of carbonyl (C=O) groups excluding carboxylic acids is 1. The van der Waals surface area contributed by atoms with Crippen LogP contribution < -0.4 is 0 Å². The van der Waals surface area contributed by atoms with E-state index in [0.29, 0.717) is 6.67 Å². The van der Waals surface area contributed by atoms with Crippen LogP contribution in [0.2, 0.25) is 0 Å². The van der Waals surface area contributed by atoms with Crippen molar-refractivity contribution in [2.24, 2.45) is 0 Å². The maximum atomic E-state index is 12.2. The van der Waals surface area contributed by atoms with Gasteiger partial charge >= 0.3 is 0 Å². The zero-order chi connectivity index (χ0) is 12.7. The molecule has 0 atom stereocenters. The molecule has 0 saturated carbocycles. The molecule has 0 N–H and O–H groups in total. The summed E-state index contributed by atoms with van der Waals surface area (Å²) < 4.78 is 0. The van der Waals surface area contributed by atoms with Gasteiger partial charge in [-0.05, 0) is 32.1 Å². The first-order chi connectivity index (χ1) is 8.22. The first kappa shape index (κ1) is 13.7. The lowest BCUT2D eigenvalue weighted by atomic mass is 10.2. The standard InChI is InChI=1S/C14H22N2O/c1-4-15(5-2)12-16(6-3)14(17)13-10-8-7-9-11-13/h7-11H,4-6,12H2,1-3H3. The van der Waals surface area contributed by atoms with Crippen molar-refractivity contribution in [3.8, 4) is 0 Å². The number of rotatable bonds is 6. The van der Waals surface area contributed by atoms with Crippen molar-refractivity contribution in [3.63, 3.8) is 0 Å². The number of amides is 1. The molecule has 1 amide bonds. The van der Waals surface area contributed by atoms with Crippen LogP contribution in [-0.2, 0) is 0 Å². The van der Waals surface area contributed by atoms with Crippen LogP contribution in [0.5, 0.6) is 0 Å². The molecule has 0 aromatic heterocycles. The molecule has 0 heterocycles. The Morgan fingerprint density at radius 2 is 1.59 bits per heavy atom. The summed E-state index contributed by atoms with van der Waals surface area (Å²) in [5.74, 6) is 0.111. The number of hydrogen-bond donors (Lipinski definition) is 0. The van der Waals surface area contributed by atoms with Crippen LogP contribution in [0, 0.1) is 0 Å². The van der Waals surface area contributed by atoms with E-state index in [1.54, 1.807) is 0 Å². The lowest BCUT2D eigenvalue weighted by Crippen LogP contribution is -2.41. The first-order valence-electron chi connectivity index (χ1n) is 6.29. The molecule has 1 aromatic rings. The molecule has 94 valence electrons. The minimum atomic E-state index is 0.111. The number of carbonyl (C=O) groups is 1. The Balaban J connectivity index is 2.71. The third kappa shape index (κ3) is 3.86. The second-order valence-corrected chi connectivity index (χ2v) is 3.97. The van der Waals surface area contributed by atoms with Gasteiger partial charge in [-0.1, -0.05) is 32.0 Å². The topological polar surface area (TPSA) is 23.6 Å². The highest BCUT2D eigenvalue weighted by atomic mass is 16.2. The van der Waals surface area contributed by atoms with E-state index in [1.807, 2.05) is 42.2 Å². The fraction of sp³-hybridized carbons (Fsp3) is 0.500. The zero-order valence-corrected chi connectivity index (χ0v) is 11.0. The lowest BCUT2D eigenvalue weighted by Gasteiger charge is -2.28. The molecule has 0 aliphatic carbocycles. The van der Waals surface area contributed by atoms with Crippen molar-refractivity contribution in [2.45, 2.75) is 20.8 Å². The van der Waals surface area contributed by atoms with Crippen LogP contribution >= 0.6 is 0 Å². The van der Waals surface area contributed by atoms with Gasteiger partial charge in [-0.2, -0.15) is 0 Å². The second kappa shape index (κ2) is 7.07. The Labute approximate surface area is 104 Å². The smallest absolute Gasteiger partial charge is 0.254 e.